The molecule has 2 aromatic carbocycles. The van der Waals surface area contributed by atoms with E-state index in [0.29, 0.717) is 38.3 Å². The normalized spacial score (nSPS) is 16.3. The van der Waals surface area contributed by atoms with Gasteiger partial charge in [-0.2, -0.15) is 13.9 Å². The maximum absolute atomic E-state index is 13.5. The molecular formula is C25H25Cl3F2N4O3. The minimum atomic E-state index is -2.97. The fraction of sp³-hybridized carbons (Fsp3) is 0.360. The SMILES string of the molecule is CC1(C)Oc2cc(OC(F)F)ccc2-c2c1c(C(=O)NN1CCCCC1)nn2-c1ccc(Cl)cc1Cl.Cl. The number of aromatic nitrogens is 2. The Hall–Kier alpha value is -2.59. The smallest absolute Gasteiger partial charge is 0.387 e. The van der Waals surface area contributed by atoms with Gasteiger partial charge in [-0.05, 0) is 57.0 Å². The van der Waals surface area contributed by atoms with Crippen molar-refractivity contribution in [2.75, 3.05) is 13.1 Å². The number of piperidine rings is 1. The van der Waals surface area contributed by atoms with Gasteiger partial charge in [-0.25, -0.2) is 9.69 Å². The standard InChI is InChI=1S/C25H24Cl2F2N4O3.ClH/c1-25(2)20-21(23(34)31-32-10-4-3-5-11-32)30-33(18-9-6-14(26)12-17(18)27)22(20)16-8-7-15(35-24(28)29)13-19(16)36-25;/h6-9,12-13,24H,3-5,10-11H2,1-2H3,(H,31,34);1H. The summed E-state index contributed by atoms with van der Waals surface area (Å²) in [6.07, 6.45) is 3.12. The quantitative estimate of drug-likeness (QED) is 0.371. The van der Waals surface area contributed by atoms with Crippen LogP contribution in [0.1, 0.15) is 49.2 Å². The Morgan fingerprint density at radius 3 is 2.54 bits per heavy atom. The largest absolute Gasteiger partial charge is 0.482 e. The van der Waals surface area contributed by atoms with Crippen LogP contribution in [0.25, 0.3) is 16.9 Å². The van der Waals surface area contributed by atoms with Gasteiger partial charge < -0.3 is 9.47 Å². The van der Waals surface area contributed by atoms with Crippen molar-refractivity contribution in [2.45, 2.75) is 45.3 Å². The van der Waals surface area contributed by atoms with Gasteiger partial charge in [0.2, 0.25) is 0 Å². The first-order valence-corrected chi connectivity index (χ1v) is 12.3. The van der Waals surface area contributed by atoms with Crippen LogP contribution in [0, 0.1) is 0 Å². The van der Waals surface area contributed by atoms with Crippen LogP contribution in [-0.2, 0) is 5.60 Å². The number of fused-ring (bicyclic) bond motifs is 3. The lowest BCUT2D eigenvalue weighted by Gasteiger charge is -2.34. The molecule has 198 valence electrons. The highest BCUT2D eigenvalue weighted by Crippen LogP contribution is 2.49. The average molecular weight is 574 g/mol. The van der Waals surface area contributed by atoms with E-state index >= 15 is 0 Å². The van der Waals surface area contributed by atoms with E-state index in [1.54, 1.807) is 42.8 Å². The van der Waals surface area contributed by atoms with Crippen LogP contribution >= 0.6 is 35.6 Å². The molecule has 3 aromatic rings. The van der Waals surface area contributed by atoms with Crippen molar-refractivity contribution < 1.29 is 23.0 Å². The highest BCUT2D eigenvalue weighted by atomic mass is 35.5. The summed E-state index contributed by atoms with van der Waals surface area (Å²) in [7, 11) is 0. The molecule has 0 radical (unpaired) electrons. The molecule has 0 bridgehead atoms. The van der Waals surface area contributed by atoms with E-state index in [0.717, 1.165) is 32.4 Å². The third-order valence-corrected chi connectivity index (χ3v) is 6.79. The van der Waals surface area contributed by atoms with Crippen molar-refractivity contribution in [1.82, 2.24) is 20.2 Å². The number of hydrogen-bond acceptors (Lipinski definition) is 5. The van der Waals surface area contributed by atoms with Crippen LogP contribution in [0.5, 0.6) is 11.5 Å². The lowest BCUT2D eigenvalue weighted by Crippen LogP contribution is -2.46. The van der Waals surface area contributed by atoms with Crippen molar-refractivity contribution in [2.24, 2.45) is 0 Å². The first kappa shape index (κ1) is 27.4. The summed E-state index contributed by atoms with van der Waals surface area (Å²) in [5.41, 5.74) is 4.31. The number of ether oxygens (including phenoxy) is 2. The van der Waals surface area contributed by atoms with Crippen LogP contribution in [0.2, 0.25) is 10.0 Å². The summed E-state index contributed by atoms with van der Waals surface area (Å²) < 4.78 is 38.1. The zero-order valence-corrected chi connectivity index (χ0v) is 22.4. The Kier molecular flexibility index (Phi) is 7.90. The molecule has 2 aliphatic rings. The number of hydrazine groups is 1. The molecule has 0 saturated carbocycles. The summed E-state index contributed by atoms with van der Waals surface area (Å²) in [5, 5.41) is 7.38. The summed E-state index contributed by atoms with van der Waals surface area (Å²) in [6, 6.07) is 9.40. The van der Waals surface area contributed by atoms with Crippen molar-refractivity contribution in [3.63, 3.8) is 0 Å². The second-order valence-corrected chi connectivity index (χ2v) is 10.1. The maximum Gasteiger partial charge on any atom is 0.387 e. The molecule has 1 saturated heterocycles. The molecule has 2 aliphatic heterocycles. The fourth-order valence-electron chi connectivity index (χ4n) is 4.71. The van der Waals surface area contributed by atoms with Gasteiger partial charge in [-0.1, -0.05) is 29.6 Å². The van der Waals surface area contributed by atoms with E-state index in [1.807, 2.05) is 5.01 Å². The summed E-state index contributed by atoms with van der Waals surface area (Å²) in [4.78, 5) is 13.5. The molecule has 1 N–H and O–H groups in total. The number of halogens is 5. The van der Waals surface area contributed by atoms with Crippen LogP contribution < -0.4 is 14.9 Å². The third-order valence-electron chi connectivity index (χ3n) is 6.25. The summed E-state index contributed by atoms with van der Waals surface area (Å²) in [6.45, 7) is 2.13. The first-order valence-electron chi connectivity index (χ1n) is 11.6. The minimum Gasteiger partial charge on any atom is -0.482 e. The number of hydrogen-bond donors (Lipinski definition) is 1. The van der Waals surface area contributed by atoms with Crippen molar-refractivity contribution in [1.29, 1.82) is 0 Å². The zero-order valence-electron chi connectivity index (χ0n) is 20.1. The zero-order chi connectivity index (χ0) is 25.6. The molecule has 0 aliphatic carbocycles. The number of alkyl halides is 2. The van der Waals surface area contributed by atoms with Gasteiger partial charge >= 0.3 is 6.61 Å². The van der Waals surface area contributed by atoms with Gasteiger partial charge in [0, 0.05) is 29.7 Å². The predicted molar refractivity (Wildman–Crippen MR) is 139 cm³/mol. The second-order valence-electron chi connectivity index (χ2n) is 9.22. The first-order chi connectivity index (χ1) is 17.1. The van der Waals surface area contributed by atoms with E-state index in [2.05, 4.69) is 10.2 Å². The number of nitrogens with one attached hydrogen (secondary N) is 1. The average Bonchev–Trinajstić information content (AvgIpc) is 3.21. The molecule has 12 heteroatoms. The van der Waals surface area contributed by atoms with Gasteiger partial charge in [0.1, 0.15) is 17.1 Å². The predicted octanol–water partition coefficient (Wildman–Crippen LogP) is 6.63. The Morgan fingerprint density at radius 2 is 1.86 bits per heavy atom. The van der Waals surface area contributed by atoms with E-state index in [9.17, 15) is 13.6 Å². The molecule has 0 spiro atoms. The molecular weight excluding hydrogens is 549 g/mol. The van der Waals surface area contributed by atoms with E-state index in [4.69, 9.17) is 33.0 Å². The van der Waals surface area contributed by atoms with Gasteiger partial charge in [0.25, 0.3) is 5.91 Å². The number of rotatable bonds is 5. The van der Waals surface area contributed by atoms with E-state index in [1.165, 1.54) is 12.1 Å². The Balaban J connectivity index is 0.00000320. The van der Waals surface area contributed by atoms with Crippen LogP contribution in [0.3, 0.4) is 0 Å². The molecule has 0 unspecified atom stereocenters. The molecule has 5 rings (SSSR count). The third kappa shape index (κ3) is 5.36. The van der Waals surface area contributed by atoms with Gasteiger partial charge in [-0.15, -0.1) is 12.4 Å². The van der Waals surface area contributed by atoms with Gasteiger partial charge in [0.05, 0.1) is 22.0 Å². The fourth-order valence-corrected chi connectivity index (χ4v) is 5.20. The van der Waals surface area contributed by atoms with E-state index < -0.39 is 12.2 Å². The topological polar surface area (TPSA) is 68.6 Å². The number of benzene rings is 2. The van der Waals surface area contributed by atoms with E-state index in [-0.39, 0.29) is 29.8 Å². The molecule has 3 heterocycles. The van der Waals surface area contributed by atoms with Crippen LogP contribution in [0.15, 0.2) is 36.4 Å². The Morgan fingerprint density at radius 1 is 1.14 bits per heavy atom. The van der Waals surface area contributed by atoms with Crippen LogP contribution in [0.4, 0.5) is 8.78 Å². The lowest BCUT2D eigenvalue weighted by atomic mass is 9.88. The summed E-state index contributed by atoms with van der Waals surface area (Å²) >= 11 is 12.7. The molecule has 1 amide bonds. The summed E-state index contributed by atoms with van der Waals surface area (Å²) in [5.74, 6) is -0.0868. The lowest BCUT2D eigenvalue weighted by molar-refractivity contribution is -0.0500. The Bertz CT molecular complexity index is 1330. The number of nitrogens with zero attached hydrogens (tertiary/aromatic N) is 3. The van der Waals surface area contributed by atoms with Gasteiger partial charge in [-0.3, -0.25) is 10.2 Å². The highest BCUT2D eigenvalue weighted by Gasteiger charge is 2.42. The molecule has 0 atom stereocenters. The van der Waals surface area contributed by atoms with Crippen LogP contribution in [-0.4, -0.2) is 40.4 Å². The number of amides is 1. The molecule has 7 nitrogen and oxygen atoms in total. The molecule has 37 heavy (non-hydrogen) atoms. The van der Waals surface area contributed by atoms with Crippen molar-refractivity contribution >= 4 is 41.5 Å². The van der Waals surface area contributed by atoms with Gasteiger partial charge in [0.15, 0.2) is 5.69 Å². The number of carbonyl (C=O) groups excluding carboxylic acids is 1. The number of carbonyl (C=O) groups is 1. The van der Waals surface area contributed by atoms with Crippen molar-refractivity contribution in [3.05, 3.63) is 57.7 Å². The maximum atomic E-state index is 13.5. The molecule has 1 aromatic heterocycles. The van der Waals surface area contributed by atoms with Crippen molar-refractivity contribution in [3.8, 4) is 28.4 Å². The minimum absolute atomic E-state index is 0. The monoisotopic (exact) mass is 572 g/mol. The molecule has 1 fully saturated rings. The second kappa shape index (κ2) is 10.6. The Labute approximate surface area is 229 Å². The highest BCUT2D eigenvalue weighted by molar-refractivity contribution is 6.35.